The van der Waals surface area contributed by atoms with Crippen LogP contribution in [-0.4, -0.2) is 29.6 Å². The zero-order chi connectivity index (χ0) is 24.7. The van der Waals surface area contributed by atoms with Crippen LogP contribution in [0.4, 0.5) is 23.7 Å². The van der Waals surface area contributed by atoms with Crippen LogP contribution in [0, 0.1) is 6.92 Å². The van der Waals surface area contributed by atoms with E-state index in [4.69, 9.17) is 4.74 Å². The number of hydrogen-bond acceptors (Lipinski definition) is 2. The molecule has 0 unspecified atom stereocenters. The lowest BCUT2D eigenvalue weighted by Crippen LogP contribution is -2.43. The highest BCUT2D eigenvalue weighted by Crippen LogP contribution is 2.40. The van der Waals surface area contributed by atoms with Crippen molar-refractivity contribution in [2.45, 2.75) is 25.6 Å². The van der Waals surface area contributed by atoms with Crippen LogP contribution in [0.2, 0.25) is 0 Å². The summed E-state index contributed by atoms with van der Waals surface area (Å²) in [4.78, 5) is 18.6. The summed E-state index contributed by atoms with van der Waals surface area (Å²) >= 11 is 0. The van der Waals surface area contributed by atoms with E-state index in [9.17, 15) is 18.0 Å². The molecule has 2 amide bonds. The van der Waals surface area contributed by atoms with E-state index in [0.717, 1.165) is 51.2 Å². The number of halogens is 3. The molecule has 0 saturated heterocycles. The molecule has 0 bridgehead atoms. The summed E-state index contributed by atoms with van der Waals surface area (Å²) in [5, 5.41) is 3.71. The predicted molar refractivity (Wildman–Crippen MR) is 129 cm³/mol. The highest BCUT2D eigenvalue weighted by Gasteiger charge is 2.35. The number of benzene rings is 3. The van der Waals surface area contributed by atoms with Crippen molar-refractivity contribution >= 4 is 22.6 Å². The van der Waals surface area contributed by atoms with Gasteiger partial charge in [-0.3, -0.25) is 0 Å². The standard InChI is InChI=1S/C27H24F3N3O2/c1-16-6-8-17(9-7-16)25-24-21(22-15-20(35-2)10-11-23(22)32-24)12-13-33(25)26(34)31-19-5-3-4-18(14-19)27(28,29)30/h3-11,14-15,25,32H,12-13H2,1-2H3,(H,31,34)/t25-/m1/s1. The Kier molecular flexibility index (Phi) is 5.67. The zero-order valence-electron chi connectivity index (χ0n) is 19.2. The average molecular weight is 480 g/mol. The fourth-order valence-corrected chi connectivity index (χ4v) is 4.68. The highest BCUT2D eigenvalue weighted by molar-refractivity contribution is 5.92. The first-order valence-corrected chi connectivity index (χ1v) is 11.2. The van der Waals surface area contributed by atoms with Gasteiger partial charge in [0, 0.05) is 28.8 Å². The maximum absolute atomic E-state index is 13.4. The summed E-state index contributed by atoms with van der Waals surface area (Å²) in [6.45, 7) is 2.39. The molecule has 1 aliphatic rings. The number of nitrogens with one attached hydrogen (secondary N) is 2. The number of methoxy groups -OCH3 is 1. The molecule has 0 saturated carbocycles. The third-order valence-electron chi connectivity index (χ3n) is 6.43. The van der Waals surface area contributed by atoms with Gasteiger partial charge in [-0.2, -0.15) is 13.2 Å². The molecule has 35 heavy (non-hydrogen) atoms. The van der Waals surface area contributed by atoms with Gasteiger partial charge in [0.2, 0.25) is 0 Å². The molecular weight excluding hydrogens is 455 g/mol. The second kappa shape index (κ2) is 8.69. The van der Waals surface area contributed by atoms with Crippen molar-refractivity contribution in [3.05, 3.63) is 94.7 Å². The molecule has 5 nitrogen and oxygen atoms in total. The van der Waals surface area contributed by atoms with Gasteiger partial charge in [0.1, 0.15) is 5.75 Å². The fraction of sp³-hybridized carbons (Fsp3) is 0.222. The second-order valence-corrected chi connectivity index (χ2v) is 8.69. The number of carbonyl (C=O) groups excluding carboxylic acids is 1. The van der Waals surface area contributed by atoms with Crippen LogP contribution in [0.3, 0.4) is 0 Å². The molecule has 0 radical (unpaired) electrons. The number of carbonyl (C=O) groups is 1. The number of aryl methyl sites for hydroxylation is 1. The summed E-state index contributed by atoms with van der Waals surface area (Å²) in [6, 6.07) is 17.5. The number of H-pyrrole nitrogens is 1. The van der Waals surface area contributed by atoms with Gasteiger partial charge in [-0.25, -0.2) is 4.79 Å². The van der Waals surface area contributed by atoms with Gasteiger partial charge in [-0.15, -0.1) is 0 Å². The molecule has 0 aliphatic carbocycles. The molecule has 8 heteroatoms. The van der Waals surface area contributed by atoms with Crippen molar-refractivity contribution < 1.29 is 22.7 Å². The number of amides is 2. The van der Waals surface area contributed by atoms with Crippen molar-refractivity contribution in [2.24, 2.45) is 0 Å². The topological polar surface area (TPSA) is 57.4 Å². The van der Waals surface area contributed by atoms with E-state index in [2.05, 4.69) is 10.3 Å². The molecule has 2 N–H and O–H groups in total. The maximum atomic E-state index is 13.4. The van der Waals surface area contributed by atoms with Gasteiger partial charge in [-0.1, -0.05) is 35.9 Å². The van der Waals surface area contributed by atoms with Gasteiger partial charge in [-0.05, 0) is 60.9 Å². The first-order chi connectivity index (χ1) is 16.7. The molecular formula is C27H24F3N3O2. The second-order valence-electron chi connectivity index (χ2n) is 8.69. The minimum absolute atomic E-state index is 0.0969. The summed E-state index contributed by atoms with van der Waals surface area (Å²) in [5.74, 6) is 0.746. The van der Waals surface area contributed by atoms with Crippen molar-refractivity contribution in [3.63, 3.8) is 0 Å². The van der Waals surface area contributed by atoms with Gasteiger partial charge in [0.15, 0.2) is 0 Å². The molecule has 0 fully saturated rings. The molecule has 3 aromatic carbocycles. The number of urea groups is 1. The van der Waals surface area contributed by atoms with E-state index in [0.29, 0.717) is 13.0 Å². The van der Waals surface area contributed by atoms with E-state index in [-0.39, 0.29) is 5.69 Å². The lowest BCUT2D eigenvalue weighted by atomic mass is 9.92. The predicted octanol–water partition coefficient (Wildman–Crippen LogP) is 6.68. The van der Waals surface area contributed by atoms with Crippen LogP contribution >= 0.6 is 0 Å². The van der Waals surface area contributed by atoms with E-state index in [1.165, 1.54) is 12.1 Å². The van der Waals surface area contributed by atoms with Crippen molar-refractivity contribution in [1.29, 1.82) is 0 Å². The molecule has 1 aliphatic heterocycles. The van der Waals surface area contributed by atoms with Crippen LogP contribution < -0.4 is 10.1 Å². The largest absolute Gasteiger partial charge is 0.497 e. The first kappa shape index (κ1) is 22.8. The Morgan fingerprint density at radius 2 is 1.86 bits per heavy atom. The van der Waals surface area contributed by atoms with Gasteiger partial charge < -0.3 is 19.9 Å². The van der Waals surface area contributed by atoms with E-state index < -0.39 is 23.8 Å². The molecule has 2 heterocycles. The third kappa shape index (κ3) is 4.32. The lowest BCUT2D eigenvalue weighted by Gasteiger charge is -2.36. The van der Waals surface area contributed by atoms with Gasteiger partial charge >= 0.3 is 12.2 Å². The lowest BCUT2D eigenvalue weighted by molar-refractivity contribution is -0.137. The highest BCUT2D eigenvalue weighted by atomic mass is 19.4. The quantitative estimate of drug-likeness (QED) is 0.344. The van der Waals surface area contributed by atoms with Gasteiger partial charge in [0.25, 0.3) is 0 Å². The zero-order valence-corrected chi connectivity index (χ0v) is 19.2. The third-order valence-corrected chi connectivity index (χ3v) is 6.43. The monoisotopic (exact) mass is 479 g/mol. The Labute approximate surface area is 200 Å². The number of rotatable bonds is 3. The smallest absolute Gasteiger partial charge is 0.416 e. The molecule has 1 atom stereocenters. The SMILES string of the molecule is COc1ccc2[nH]c3c(c2c1)CCN(C(=O)Nc1cccc(C(F)(F)F)c1)[C@@H]3c1ccc(C)cc1. The van der Waals surface area contributed by atoms with E-state index >= 15 is 0 Å². The number of alkyl halides is 3. The Hall–Kier alpha value is -3.94. The maximum Gasteiger partial charge on any atom is 0.416 e. The van der Waals surface area contributed by atoms with Crippen molar-refractivity contribution in [2.75, 3.05) is 19.0 Å². The Morgan fingerprint density at radius 3 is 2.57 bits per heavy atom. The van der Waals surface area contributed by atoms with Crippen molar-refractivity contribution in [1.82, 2.24) is 9.88 Å². The molecule has 0 spiro atoms. The summed E-state index contributed by atoms with van der Waals surface area (Å²) in [7, 11) is 1.62. The molecule has 4 aromatic rings. The number of anilines is 1. The molecule has 180 valence electrons. The van der Waals surface area contributed by atoms with Crippen molar-refractivity contribution in [3.8, 4) is 5.75 Å². The molecule has 5 rings (SSSR count). The fourth-order valence-electron chi connectivity index (χ4n) is 4.68. The van der Waals surface area contributed by atoms with Crippen LogP contribution in [-0.2, 0) is 12.6 Å². The number of ether oxygens (including phenoxy) is 1. The number of hydrogen-bond donors (Lipinski definition) is 2. The minimum atomic E-state index is -4.49. The Bertz CT molecular complexity index is 1390. The van der Waals surface area contributed by atoms with Crippen LogP contribution in [0.25, 0.3) is 10.9 Å². The number of nitrogens with zero attached hydrogens (tertiary/aromatic N) is 1. The van der Waals surface area contributed by atoms with Gasteiger partial charge in [0.05, 0.1) is 18.7 Å². The van der Waals surface area contributed by atoms with Crippen LogP contribution in [0.1, 0.15) is 34.0 Å². The van der Waals surface area contributed by atoms with E-state index in [1.54, 1.807) is 12.0 Å². The summed E-state index contributed by atoms with van der Waals surface area (Å²) in [6.07, 6.45) is -3.89. The number of aromatic amines is 1. The Balaban J connectivity index is 1.55. The molecule has 1 aromatic heterocycles. The normalized spacial score (nSPS) is 15.7. The summed E-state index contributed by atoms with van der Waals surface area (Å²) in [5.41, 5.74) is 4.22. The Morgan fingerprint density at radius 1 is 1.09 bits per heavy atom. The van der Waals surface area contributed by atoms with E-state index in [1.807, 2.05) is 49.4 Å². The average Bonchev–Trinajstić information content (AvgIpc) is 3.21. The van der Waals surface area contributed by atoms with Crippen LogP contribution in [0.5, 0.6) is 5.75 Å². The number of aromatic nitrogens is 1. The van der Waals surface area contributed by atoms with Crippen LogP contribution in [0.15, 0.2) is 66.7 Å². The summed E-state index contributed by atoms with van der Waals surface area (Å²) < 4.78 is 44.9. The minimum Gasteiger partial charge on any atom is -0.497 e. The first-order valence-electron chi connectivity index (χ1n) is 11.2. The number of fused-ring (bicyclic) bond motifs is 3.